The molecule has 1 aliphatic carbocycles. The van der Waals surface area contributed by atoms with Crippen LogP contribution in [0.2, 0.25) is 0 Å². The summed E-state index contributed by atoms with van der Waals surface area (Å²) in [7, 11) is 1.35. The largest absolute Gasteiger partial charge is 0.465 e. The number of ether oxygens (including phenoxy) is 1. The van der Waals surface area contributed by atoms with E-state index in [0.29, 0.717) is 17.8 Å². The highest BCUT2D eigenvalue weighted by Gasteiger charge is 2.36. The fourth-order valence-electron chi connectivity index (χ4n) is 5.55. The van der Waals surface area contributed by atoms with Crippen LogP contribution in [-0.2, 0) is 24.1 Å². The molecule has 37 heavy (non-hydrogen) atoms. The van der Waals surface area contributed by atoms with Crippen molar-refractivity contribution >= 4 is 29.0 Å². The first kappa shape index (κ1) is 23.6. The van der Waals surface area contributed by atoms with Gasteiger partial charge in [0.2, 0.25) is 0 Å². The van der Waals surface area contributed by atoms with Gasteiger partial charge >= 0.3 is 12.0 Å². The summed E-state index contributed by atoms with van der Waals surface area (Å²) in [5, 5.41) is 4.26. The van der Waals surface area contributed by atoms with Crippen LogP contribution in [0.4, 0.5) is 10.5 Å². The number of aromatic nitrogens is 1. The molecule has 0 bridgehead atoms. The molecular weight excluding hydrogens is 482 g/mol. The molecular formula is C30H29N3O3S. The fraction of sp³-hybridized carbons (Fsp3) is 0.267. The number of benzene rings is 2. The molecule has 2 aliphatic rings. The number of esters is 1. The van der Waals surface area contributed by atoms with Gasteiger partial charge in [-0.2, -0.15) is 0 Å². The number of para-hydroxylation sites is 1. The minimum atomic E-state index is -0.482. The predicted molar refractivity (Wildman–Crippen MR) is 146 cm³/mol. The third kappa shape index (κ3) is 4.13. The molecule has 0 saturated heterocycles. The van der Waals surface area contributed by atoms with Gasteiger partial charge in [0.1, 0.15) is 5.00 Å². The number of carbonyl (C=O) groups excluding carboxylic acids is 2. The zero-order chi connectivity index (χ0) is 25.5. The lowest BCUT2D eigenvalue weighted by Crippen LogP contribution is -2.38. The van der Waals surface area contributed by atoms with Crippen molar-refractivity contribution in [2.45, 2.75) is 45.2 Å². The number of rotatable bonds is 3. The van der Waals surface area contributed by atoms with Crippen molar-refractivity contribution < 1.29 is 14.3 Å². The second-order valence-electron chi connectivity index (χ2n) is 9.71. The number of aryl methyl sites for hydroxylation is 2. The minimum Gasteiger partial charge on any atom is -0.465 e. The topological polar surface area (TPSA) is 63.6 Å². The van der Waals surface area contributed by atoms with E-state index >= 15 is 0 Å². The Kier molecular flexibility index (Phi) is 6.08. The molecule has 3 heterocycles. The first-order chi connectivity index (χ1) is 18.0. The van der Waals surface area contributed by atoms with E-state index in [1.54, 1.807) is 24.3 Å². The molecule has 7 heteroatoms. The number of thiophene rings is 1. The zero-order valence-electron chi connectivity index (χ0n) is 21.0. The van der Waals surface area contributed by atoms with E-state index in [2.05, 4.69) is 59.4 Å². The van der Waals surface area contributed by atoms with Crippen molar-refractivity contribution in [3.05, 3.63) is 105 Å². The average Bonchev–Trinajstić information content (AvgIpc) is 3.51. The molecule has 1 atom stereocenters. The maximum Gasteiger partial charge on any atom is 0.339 e. The van der Waals surface area contributed by atoms with Crippen LogP contribution in [0.25, 0.3) is 5.00 Å². The summed E-state index contributed by atoms with van der Waals surface area (Å²) in [5.41, 5.74) is 6.69. The maximum absolute atomic E-state index is 14.1. The van der Waals surface area contributed by atoms with Crippen molar-refractivity contribution in [1.29, 1.82) is 0 Å². The summed E-state index contributed by atoms with van der Waals surface area (Å²) in [6.45, 7) is 2.56. The Balaban J connectivity index is 1.48. The van der Waals surface area contributed by atoms with Crippen molar-refractivity contribution in [3.8, 4) is 5.00 Å². The molecule has 2 aromatic heterocycles. The Hall–Kier alpha value is -3.84. The number of amides is 2. The number of nitrogens with zero attached hydrogens (tertiary/aromatic N) is 2. The minimum absolute atomic E-state index is 0.252. The zero-order valence-corrected chi connectivity index (χ0v) is 21.8. The third-order valence-electron chi connectivity index (χ3n) is 7.41. The lowest BCUT2D eigenvalue weighted by atomic mass is 9.95. The van der Waals surface area contributed by atoms with Crippen LogP contribution in [0, 0.1) is 6.92 Å². The van der Waals surface area contributed by atoms with Crippen molar-refractivity contribution in [1.82, 2.24) is 9.47 Å². The molecule has 1 aliphatic heterocycles. The van der Waals surface area contributed by atoms with Gasteiger partial charge in [0, 0.05) is 16.6 Å². The molecule has 1 N–H and O–H groups in total. The molecule has 0 radical (unpaired) electrons. The normalized spacial score (nSPS) is 16.3. The SMILES string of the molecule is COC(=O)c1ccccc1NC(=O)N1Cc2c(sc3c2CCCC3)-n2cccc2[C@@H]1c1ccc(C)cc1. The lowest BCUT2D eigenvalue weighted by molar-refractivity contribution is 0.0602. The standard InChI is InChI=1S/C30H29N3O3S/c1-19-13-15-20(16-14-19)27-25-11-7-17-32(25)28-23(21-8-4-6-12-26(21)37-28)18-33(27)30(35)31-24-10-5-3-9-22(24)29(34)36-2/h3,5,7,9-11,13-17,27H,4,6,8,12,18H2,1-2H3,(H,31,35)/t27-/m0/s1. The number of hydrogen-bond acceptors (Lipinski definition) is 4. The Morgan fingerprint density at radius 3 is 2.57 bits per heavy atom. The number of carbonyl (C=O) groups is 2. The Labute approximate surface area is 220 Å². The highest BCUT2D eigenvalue weighted by Crippen LogP contribution is 2.44. The number of anilines is 1. The van der Waals surface area contributed by atoms with Crippen LogP contribution < -0.4 is 5.32 Å². The van der Waals surface area contributed by atoms with Crippen LogP contribution in [0.5, 0.6) is 0 Å². The second kappa shape index (κ2) is 9.56. The van der Waals surface area contributed by atoms with Crippen LogP contribution in [0.1, 0.15) is 62.1 Å². The number of nitrogens with one attached hydrogen (secondary N) is 1. The van der Waals surface area contributed by atoms with E-state index in [4.69, 9.17) is 4.74 Å². The highest BCUT2D eigenvalue weighted by molar-refractivity contribution is 7.15. The molecule has 2 aromatic carbocycles. The van der Waals surface area contributed by atoms with Gasteiger partial charge in [-0.15, -0.1) is 11.3 Å². The Bertz CT molecular complexity index is 1480. The molecule has 6 rings (SSSR count). The monoisotopic (exact) mass is 511 g/mol. The number of fused-ring (bicyclic) bond motifs is 5. The smallest absolute Gasteiger partial charge is 0.339 e. The fourth-order valence-corrected chi connectivity index (χ4v) is 6.96. The van der Waals surface area contributed by atoms with Gasteiger partial charge < -0.3 is 19.5 Å². The van der Waals surface area contributed by atoms with E-state index in [1.165, 1.54) is 46.5 Å². The number of hydrogen-bond donors (Lipinski definition) is 1. The second-order valence-corrected chi connectivity index (χ2v) is 10.8. The Morgan fingerprint density at radius 2 is 1.76 bits per heavy atom. The van der Waals surface area contributed by atoms with Gasteiger partial charge in [-0.05, 0) is 68.0 Å². The van der Waals surface area contributed by atoms with Gasteiger partial charge in [-0.25, -0.2) is 9.59 Å². The molecule has 6 nitrogen and oxygen atoms in total. The number of urea groups is 1. The molecule has 0 saturated carbocycles. The summed E-state index contributed by atoms with van der Waals surface area (Å²) < 4.78 is 7.23. The third-order valence-corrected chi connectivity index (χ3v) is 8.74. The number of methoxy groups -OCH3 is 1. The first-order valence-electron chi connectivity index (χ1n) is 12.7. The maximum atomic E-state index is 14.1. The van der Waals surface area contributed by atoms with Crippen LogP contribution in [-0.4, -0.2) is 28.6 Å². The van der Waals surface area contributed by atoms with E-state index in [9.17, 15) is 9.59 Å². The van der Waals surface area contributed by atoms with Crippen molar-refractivity contribution in [2.75, 3.05) is 12.4 Å². The van der Waals surface area contributed by atoms with Gasteiger partial charge in [-0.1, -0.05) is 42.0 Å². The van der Waals surface area contributed by atoms with Gasteiger partial charge in [0.25, 0.3) is 0 Å². The van der Waals surface area contributed by atoms with E-state index in [1.807, 2.05) is 16.2 Å². The van der Waals surface area contributed by atoms with E-state index < -0.39 is 5.97 Å². The summed E-state index contributed by atoms with van der Waals surface area (Å²) >= 11 is 1.87. The van der Waals surface area contributed by atoms with Crippen LogP contribution in [0.3, 0.4) is 0 Å². The van der Waals surface area contributed by atoms with E-state index in [0.717, 1.165) is 24.1 Å². The summed E-state index contributed by atoms with van der Waals surface area (Å²) in [6.07, 6.45) is 6.66. The molecule has 0 spiro atoms. The van der Waals surface area contributed by atoms with Crippen LogP contribution >= 0.6 is 11.3 Å². The molecule has 2 amide bonds. The molecule has 0 fully saturated rings. The van der Waals surface area contributed by atoms with Gasteiger partial charge in [0.05, 0.1) is 36.6 Å². The predicted octanol–water partition coefficient (Wildman–Crippen LogP) is 6.65. The van der Waals surface area contributed by atoms with Gasteiger partial charge in [0.15, 0.2) is 0 Å². The summed E-state index contributed by atoms with van der Waals surface area (Å²) in [4.78, 5) is 29.9. The van der Waals surface area contributed by atoms with Crippen LogP contribution in [0.15, 0.2) is 66.9 Å². The highest BCUT2D eigenvalue weighted by atomic mass is 32.1. The van der Waals surface area contributed by atoms with Crippen molar-refractivity contribution in [3.63, 3.8) is 0 Å². The first-order valence-corrected chi connectivity index (χ1v) is 13.5. The molecule has 188 valence electrons. The molecule has 0 unspecified atom stereocenters. The lowest BCUT2D eigenvalue weighted by Gasteiger charge is -2.31. The average molecular weight is 512 g/mol. The Morgan fingerprint density at radius 1 is 0.973 bits per heavy atom. The summed E-state index contributed by atoms with van der Waals surface area (Å²) in [5.74, 6) is -0.482. The quantitative estimate of drug-likeness (QED) is 0.313. The molecule has 4 aromatic rings. The van der Waals surface area contributed by atoms with E-state index in [-0.39, 0.29) is 12.1 Å². The van der Waals surface area contributed by atoms with Crippen molar-refractivity contribution in [2.24, 2.45) is 0 Å². The summed E-state index contributed by atoms with van der Waals surface area (Å²) in [6, 6.07) is 19.0. The van der Waals surface area contributed by atoms with Gasteiger partial charge in [-0.3, -0.25) is 0 Å².